The van der Waals surface area contributed by atoms with Crippen LogP contribution in [0.5, 0.6) is 0 Å². The highest BCUT2D eigenvalue weighted by molar-refractivity contribution is 4.94. The van der Waals surface area contributed by atoms with Crippen LogP contribution < -0.4 is 5.32 Å². The molecule has 3 rings (SSSR count). The van der Waals surface area contributed by atoms with Crippen molar-refractivity contribution < 1.29 is 5.11 Å². The second-order valence-corrected chi connectivity index (χ2v) is 7.70. The molecule has 3 aliphatic rings. The number of likely N-dealkylation sites (tertiary alicyclic amines) is 1. The van der Waals surface area contributed by atoms with E-state index in [1.165, 1.54) is 71.0 Å². The number of nitrogens with zero attached hydrogens (tertiary/aromatic N) is 1. The van der Waals surface area contributed by atoms with Crippen LogP contribution in [0.1, 0.15) is 58.3 Å². The Morgan fingerprint density at radius 1 is 1.15 bits per heavy atom. The number of hydrogen-bond donors (Lipinski definition) is 2. The number of nitrogens with one attached hydrogen (secondary N) is 1. The molecule has 0 spiro atoms. The van der Waals surface area contributed by atoms with E-state index in [9.17, 15) is 5.11 Å². The molecule has 3 heteroatoms. The summed E-state index contributed by atoms with van der Waals surface area (Å²) >= 11 is 0. The van der Waals surface area contributed by atoms with Gasteiger partial charge in [0.15, 0.2) is 0 Å². The topological polar surface area (TPSA) is 35.5 Å². The van der Waals surface area contributed by atoms with Crippen LogP contribution in [0, 0.1) is 11.3 Å². The molecule has 3 fully saturated rings. The van der Waals surface area contributed by atoms with Crippen molar-refractivity contribution in [2.45, 2.75) is 70.4 Å². The van der Waals surface area contributed by atoms with E-state index in [0.717, 1.165) is 6.04 Å². The Balaban J connectivity index is 1.62. The fourth-order valence-corrected chi connectivity index (χ4v) is 4.35. The predicted octanol–water partition coefficient (Wildman–Crippen LogP) is 2.39. The van der Waals surface area contributed by atoms with Crippen LogP contribution in [-0.2, 0) is 0 Å². The molecule has 0 aromatic carbocycles. The third-order valence-electron chi connectivity index (χ3n) is 5.98. The molecule has 3 nitrogen and oxygen atoms in total. The van der Waals surface area contributed by atoms with Crippen molar-refractivity contribution in [1.29, 1.82) is 0 Å². The molecule has 2 aliphatic carbocycles. The Morgan fingerprint density at radius 2 is 1.90 bits per heavy atom. The van der Waals surface area contributed by atoms with Gasteiger partial charge in [0.25, 0.3) is 0 Å². The normalized spacial score (nSPS) is 34.5. The molecule has 2 atom stereocenters. The van der Waals surface area contributed by atoms with Gasteiger partial charge >= 0.3 is 0 Å². The second kappa shape index (κ2) is 6.33. The van der Waals surface area contributed by atoms with Gasteiger partial charge in [-0.05, 0) is 50.0 Å². The lowest BCUT2D eigenvalue weighted by Gasteiger charge is -2.42. The van der Waals surface area contributed by atoms with Gasteiger partial charge in [0.1, 0.15) is 0 Å². The molecule has 0 aromatic heterocycles. The van der Waals surface area contributed by atoms with Gasteiger partial charge in [-0.25, -0.2) is 0 Å². The third kappa shape index (κ3) is 3.37. The second-order valence-electron chi connectivity index (χ2n) is 7.70. The van der Waals surface area contributed by atoms with Crippen molar-refractivity contribution in [2.75, 3.05) is 26.2 Å². The highest BCUT2D eigenvalue weighted by Gasteiger charge is 2.39. The molecule has 116 valence electrons. The van der Waals surface area contributed by atoms with E-state index in [1.807, 2.05) is 0 Å². The van der Waals surface area contributed by atoms with E-state index >= 15 is 0 Å². The summed E-state index contributed by atoms with van der Waals surface area (Å²) in [6.07, 6.45) is 11.0. The molecule has 2 N–H and O–H groups in total. The molecule has 1 aliphatic heterocycles. The van der Waals surface area contributed by atoms with Crippen LogP contribution in [0.25, 0.3) is 0 Å². The largest absolute Gasteiger partial charge is 0.395 e. The Bertz CT molecular complexity index is 310. The summed E-state index contributed by atoms with van der Waals surface area (Å²) in [5.74, 6) is 0.664. The maximum atomic E-state index is 9.69. The molecule has 20 heavy (non-hydrogen) atoms. The molecule has 2 unspecified atom stereocenters. The van der Waals surface area contributed by atoms with Crippen molar-refractivity contribution >= 4 is 0 Å². The van der Waals surface area contributed by atoms with Gasteiger partial charge in [0.2, 0.25) is 0 Å². The number of rotatable bonds is 6. The van der Waals surface area contributed by atoms with Crippen LogP contribution in [0.2, 0.25) is 0 Å². The molecule has 2 saturated carbocycles. The minimum Gasteiger partial charge on any atom is -0.395 e. The standard InChI is InChI=1S/C17H32N2O/c1-14-7-10-19(16(14)11-20)13-17(8-3-2-4-9-17)12-18-15-5-6-15/h14-16,18,20H,2-13H2,1H3. The summed E-state index contributed by atoms with van der Waals surface area (Å²) in [7, 11) is 0. The number of aliphatic hydroxyl groups excluding tert-OH is 1. The smallest absolute Gasteiger partial charge is 0.0589 e. The van der Waals surface area contributed by atoms with E-state index in [2.05, 4.69) is 17.1 Å². The average Bonchev–Trinajstić information content (AvgIpc) is 3.23. The van der Waals surface area contributed by atoms with Crippen LogP contribution >= 0.6 is 0 Å². The van der Waals surface area contributed by atoms with Gasteiger partial charge in [0.05, 0.1) is 6.61 Å². The minimum atomic E-state index is 0.341. The molecule has 1 heterocycles. The first kappa shape index (κ1) is 14.8. The summed E-state index contributed by atoms with van der Waals surface area (Å²) in [5, 5.41) is 13.5. The molecular formula is C17H32N2O. The fourth-order valence-electron chi connectivity index (χ4n) is 4.35. The molecule has 0 radical (unpaired) electrons. The van der Waals surface area contributed by atoms with Gasteiger partial charge in [-0.15, -0.1) is 0 Å². The Hall–Kier alpha value is -0.120. The zero-order chi connectivity index (χ0) is 14.0. The van der Waals surface area contributed by atoms with Crippen molar-refractivity contribution in [2.24, 2.45) is 11.3 Å². The van der Waals surface area contributed by atoms with Gasteiger partial charge in [-0.3, -0.25) is 4.90 Å². The summed E-state index contributed by atoms with van der Waals surface area (Å²) < 4.78 is 0. The summed E-state index contributed by atoms with van der Waals surface area (Å²) in [6.45, 7) is 6.25. The highest BCUT2D eigenvalue weighted by Crippen LogP contribution is 2.39. The van der Waals surface area contributed by atoms with Gasteiger partial charge in [-0.2, -0.15) is 0 Å². The first-order chi connectivity index (χ1) is 9.72. The van der Waals surface area contributed by atoms with Crippen molar-refractivity contribution in [3.63, 3.8) is 0 Å². The van der Waals surface area contributed by atoms with E-state index in [1.54, 1.807) is 0 Å². The average molecular weight is 280 g/mol. The number of aliphatic hydroxyl groups is 1. The van der Waals surface area contributed by atoms with Crippen LogP contribution in [-0.4, -0.2) is 48.3 Å². The number of hydrogen-bond acceptors (Lipinski definition) is 3. The Labute approximate surface area is 124 Å². The molecule has 0 aromatic rings. The maximum absolute atomic E-state index is 9.69. The summed E-state index contributed by atoms with van der Waals surface area (Å²) in [4.78, 5) is 2.60. The van der Waals surface area contributed by atoms with Gasteiger partial charge in [-0.1, -0.05) is 26.2 Å². The van der Waals surface area contributed by atoms with E-state index in [-0.39, 0.29) is 0 Å². The molecule has 0 amide bonds. The Morgan fingerprint density at radius 3 is 2.55 bits per heavy atom. The molecular weight excluding hydrogens is 248 g/mol. The SMILES string of the molecule is CC1CCN(CC2(CNC3CC3)CCCCC2)C1CO. The van der Waals surface area contributed by atoms with Crippen molar-refractivity contribution in [3.8, 4) is 0 Å². The lowest BCUT2D eigenvalue weighted by molar-refractivity contribution is 0.0652. The van der Waals surface area contributed by atoms with Crippen LogP contribution in [0.15, 0.2) is 0 Å². The lowest BCUT2D eigenvalue weighted by atomic mass is 9.73. The lowest BCUT2D eigenvalue weighted by Crippen LogP contribution is -2.48. The summed E-state index contributed by atoms with van der Waals surface area (Å²) in [6, 6.07) is 1.23. The van der Waals surface area contributed by atoms with Gasteiger partial charge in [0, 0.05) is 25.2 Å². The molecule has 1 saturated heterocycles. The third-order valence-corrected chi connectivity index (χ3v) is 5.98. The fraction of sp³-hybridized carbons (Fsp3) is 1.00. The van der Waals surface area contributed by atoms with Gasteiger partial charge < -0.3 is 10.4 Å². The van der Waals surface area contributed by atoms with E-state index in [4.69, 9.17) is 0 Å². The van der Waals surface area contributed by atoms with Crippen molar-refractivity contribution in [1.82, 2.24) is 10.2 Å². The first-order valence-corrected chi connectivity index (χ1v) is 8.81. The highest BCUT2D eigenvalue weighted by atomic mass is 16.3. The Kier molecular flexibility index (Phi) is 4.68. The van der Waals surface area contributed by atoms with Crippen LogP contribution in [0.3, 0.4) is 0 Å². The van der Waals surface area contributed by atoms with E-state index < -0.39 is 0 Å². The predicted molar refractivity (Wildman–Crippen MR) is 82.8 cm³/mol. The zero-order valence-corrected chi connectivity index (χ0v) is 13.1. The van der Waals surface area contributed by atoms with E-state index in [0.29, 0.717) is 24.0 Å². The quantitative estimate of drug-likeness (QED) is 0.784. The summed E-state index contributed by atoms with van der Waals surface area (Å²) in [5.41, 5.74) is 0.484. The minimum absolute atomic E-state index is 0.341. The molecule has 0 bridgehead atoms. The maximum Gasteiger partial charge on any atom is 0.0589 e. The first-order valence-electron chi connectivity index (χ1n) is 8.81. The monoisotopic (exact) mass is 280 g/mol. The van der Waals surface area contributed by atoms with Crippen molar-refractivity contribution in [3.05, 3.63) is 0 Å². The van der Waals surface area contributed by atoms with Crippen LogP contribution in [0.4, 0.5) is 0 Å². The zero-order valence-electron chi connectivity index (χ0n) is 13.1.